The molecule has 3 aromatic rings. The lowest BCUT2D eigenvalue weighted by Crippen LogP contribution is -2.46. The summed E-state index contributed by atoms with van der Waals surface area (Å²) in [6.45, 7) is 0. The molecule has 200 valence electrons. The third-order valence-corrected chi connectivity index (χ3v) is 8.43. The number of carbonyl (C=O) groups excluding carboxylic acids is 3. The Labute approximate surface area is 239 Å². The molecule has 2 aromatic carbocycles. The highest BCUT2D eigenvalue weighted by atomic mass is 35.5. The summed E-state index contributed by atoms with van der Waals surface area (Å²) in [5, 5.41) is 2.55. The van der Waals surface area contributed by atoms with Crippen molar-refractivity contribution in [3.05, 3.63) is 109 Å². The Balaban J connectivity index is 1.83. The van der Waals surface area contributed by atoms with Crippen LogP contribution in [0, 0.1) is 5.92 Å². The molecule has 2 heterocycles. The van der Waals surface area contributed by atoms with Crippen molar-refractivity contribution in [2.75, 3.05) is 19.1 Å². The molecule has 1 aromatic heterocycles. The van der Waals surface area contributed by atoms with Crippen LogP contribution in [0.3, 0.4) is 0 Å². The molecular weight excluding hydrogens is 559 g/mol. The van der Waals surface area contributed by atoms with E-state index in [1.54, 1.807) is 23.1 Å². The van der Waals surface area contributed by atoms with Gasteiger partial charge in [-0.25, -0.2) is 4.79 Å². The van der Waals surface area contributed by atoms with E-state index >= 15 is 0 Å². The van der Waals surface area contributed by atoms with Gasteiger partial charge < -0.3 is 15.2 Å². The van der Waals surface area contributed by atoms with Gasteiger partial charge >= 0.3 is 11.9 Å². The maximum absolute atomic E-state index is 14.5. The van der Waals surface area contributed by atoms with Crippen molar-refractivity contribution in [3.8, 4) is 0 Å². The lowest BCUT2D eigenvalue weighted by atomic mass is 9.68. The number of anilines is 1. The van der Waals surface area contributed by atoms with Crippen LogP contribution in [0.5, 0.6) is 0 Å². The highest BCUT2D eigenvalue weighted by molar-refractivity contribution is 7.10. The lowest BCUT2D eigenvalue weighted by molar-refractivity contribution is -0.150. The first kappa shape index (κ1) is 27.0. The quantitative estimate of drug-likeness (QED) is 0.299. The van der Waals surface area contributed by atoms with Gasteiger partial charge in [-0.1, -0.05) is 59.6 Å². The normalized spacial score (nSPS) is 21.1. The average molecular weight is 583 g/mol. The van der Waals surface area contributed by atoms with E-state index in [4.69, 9.17) is 38.4 Å². The number of ketones is 1. The summed E-state index contributed by atoms with van der Waals surface area (Å²) >= 11 is 14.1. The number of hydrogen-bond donors (Lipinski definition) is 1. The summed E-state index contributed by atoms with van der Waals surface area (Å²) < 4.78 is 10.3. The van der Waals surface area contributed by atoms with E-state index in [2.05, 4.69) is 0 Å². The molecule has 39 heavy (non-hydrogen) atoms. The molecule has 1 aliphatic heterocycles. The predicted molar refractivity (Wildman–Crippen MR) is 151 cm³/mol. The van der Waals surface area contributed by atoms with Gasteiger partial charge in [-0.15, -0.1) is 11.3 Å². The molecule has 0 spiro atoms. The summed E-state index contributed by atoms with van der Waals surface area (Å²) in [5.41, 5.74) is 8.96. The Morgan fingerprint density at radius 3 is 2.28 bits per heavy atom. The fourth-order valence-corrected chi connectivity index (χ4v) is 6.81. The van der Waals surface area contributed by atoms with Gasteiger partial charge in [0.25, 0.3) is 0 Å². The maximum atomic E-state index is 14.5. The molecule has 0 fully saturated rings. The number of Topliss-reactive ketones (excluding diaryl/α,β-unsaturated/α-hetero) is 1. The summed E-state index contributed by atoms with van der Waals surface area (Å²) in [7, 11) is 2.52. The molecule has 7 nitrogen and oxygen atoms in total. The molecule has 2 N–H and O–H groups in total. The number of nitrogens with two attached hydrogens (primary N) is 1. The molecule has 2 aliphatic rings. The van der Waals surface area contributed by atoms with E-state index in [1.807, 2.05) is 47.8 Å². The van der Waals surface area contributed by atoms with Crippen LogP contribution in [0.4, 0.5) is 5.69 Å². The van der Waals surface area contributed by atoms with E-state index in [9.17, 15) is 14.4 Å². The van der Waals surface area contributed by atoms with Crippen molar-refractivity contribution in [1.82, 2.24) is 0 Å². The standard InChI is InChI=1S/C29H24Cl2N2O5S/c1-37-28(35)22-19(15-7-4-3-5-8-15)14-20-23(26(22)34)24(21-9-6-10-39-21)25(29(36)38-2)27(32)33(20)18-12-16(30)11-17(31)13-18/h3-13,19,22,24H,14,32H2,1-2H3/t19-,22-,24+/m1/s1. The van der Waals surface area contributed by atoms with Gasteiger partial charge in [0.1, 0.15) is 11.7 Å². The van der Waals surface area contributed by atoms with Gasteiger partial charge in [-0.2, -0.15) is 0 Å². The number of esters is 2. The number of nitrogens with zero attached hydrogens (tertiary/aromatic N) is 1. The van der Waals surface area contributed by atoms with E-state index in [0.29, 0.717) is 26.3 Å². The number of halogens is 2. The van der Waals surface area contributed by atoms with Crippen LogP contribution in [-0.4, -0.2) is 31.9 Å². The van der Waals surface area contributed by atoms with Gasteiger partial charge in [-0.3, -0.25) is 14.5 Å². The second kappa shape index (κ2) is 10.9. The lowest BCUT2D eigenvalue weighted by Gasteiger charge is -2.43. The number of carbonyl (C=O) groups is 3. The molecule has 0 saturated carbocycles. The highest BCUT2D eigenvalue weighted by Crippen LogP contribution is 2.52. The first-order chi connectivity index (χ1) is 18.8. The molecule has 0 radical (unpaired) electrons. The Morgan fingerprint density at radius 2 is 1.69 bits per heavy atom. The molecule has 1 aliphatic carbocycles. The summed E-state index contributed by atoms with van der Waals surface area (Å²) in [5.74, 6) is -4.20. The van der Waals surface area contributed by atoms with Crippen LogP contribution < -0.4 is 10.6 Å². The van der Waals surface area contributed by atoms with Crippen molar-refractivity contribution in [3.63, 3.8) is 0 Å². The van der Waals surface area contributed by atoms with Crippen LogP contribution in [0.2, 0.25) is 10.0 Å². The van der Waals surface area contributed by atoms with Gasteiger partial charge in [-0.05, 0) is 41.6 Å². The molecule has 0 unspecified atom stereocenters. The van der Waals surface area contributed by atoms with Crippen LogP contribution in [0.1, 0.15) is 28.7 Å². The fraction of sp³-hybridized carbons (Fsp3) is 0.207. The second-order valence-electron chi connectivity index (χ2n) is 9.15. The third-order valence-electron chi connectivity index (χ3n) is 7.06. The predicted octanol–water partition coefficient (Wildman–Crippen LogP) is 5.80. The fourth-order valence-electron chi connectivity index (χ4n) is 5.45. The van der Waals surface area contributed by atoms with Crippen LogP contribution in [0.15, 0.2) is 88.7 Å². The number of thiophene rings is 1. The Kier molecular flexibility index (Phi) is 7.53. The van der Waals surface area contributed by atoms with Gasteiger partial charge in [0.2, 0.25) is 0 Å². The molecule has 10 heteroatoms. The molecule has 0 saturated heterocycles. The highest BCUT2D eigenvalue weighted by Gasteiger charge is 2.51. The number of allylic oxidation sites excluding steroid dienone is 2. The number of methoxy groups -OCH3 is 2. The van der Waals surface area contributed by atoms with Crippen molar-refractivity contribution in [1.29, 1.82) is 0 Å². The zero-order valence-corrected chi connectivity index (χ0v) is 23.3. The average Bonchev–Trinajstić information content (AvgIpc) is 3.46. The first-order valence-corrected chi connectivity index (χ1v) is 13.7. The van der Waals surface area contributed by atoms with Gasteiger partial charge in [0.15, 0.2) is 5.78 Å². The van der Waals surface area contributed by atoms with Crippen molar-refractivity contribution >= 4 is 57.9 Å². The second-order valence-corrected chi connectivity index (χ2v) is 11.0. The minimum absolute atomic E-state index is 0.0879. The van der Waals surface area contributed by atoms with E-state index in [1.165, 1.54) is 25.6 Å². The number of rotatable bonds is 5. The minimum Gasteiger partial charge on any atom is -0.468 e. The SMILES string of the molecule is COC(=O)C1=C(N)N(c2cc(Cl)cc(Cl)c2)C2=C(C(=O)[C@H](C(=O)OC)[C@@H](c3ccccc3)C2)[C@@H]1c1cccs1. The summed E-state index contributed by atoms with van der Waals surface area (Å²) in [4.78, 5) is 43.3. The Hall–Kier alpha value is -3.59. The third kappa shape index (κ3) is 4.73. The monoisotopic (exact) mass is 582 g/mol. The van der Waals surface area contributed by atoms with Crippen molar-refractivity contribution < 1.29 is 23.9 Å². The van der Waals surface area contributed by atoms with Gasteiger partial charge in [0, 0.05) is 32.1 Å². The topological polar surface area (TPSA) is 98.9 Å². The summed E-state index contributed by atoms with van der Waals surface area (Å²) in [6, 6.07) is 17.8. The van der Waals surface area contributed by atoms with Crippen molar-refractivity contribution in [2.45, 2.75) is 18.3 Å². The smallest absolute Gasteiger partial charge is 0.338 e. The van der Waals surface area contributed by atoms with E-state index < -0.39 is 35.5 Å². The van der Waals surface area contributed by atoms with Gasteiger partial charge in [0.05, 0.1) is 31.4 Å². The maximum Gasteiger partial charge on any atom is 0.338 e. The molecule has 5 rings (SSSR count). The zero-order valence-electron chi connectivity index (χ0n) is 21.0. The number of hydrogen-bond acceptors (Lipinski definition) is 8. The first-order valence-electron chi connectivity index (χ1n) is 12.0. The van der Waals surface area contributed by atoms with Crippen LogP contribution >= 0.6 is 34.5 Å². The van der Waals surface area contributed by atoms with E-state index in [-0.39, 0.29) is 23.4 Å². The Morgan fingerprint density at radius 1 is 1.00 bits per heavy atom. The molecule has 0 amide bonds. The van der Waals surface area contributed by atoms with Crippen LogP contribution in [0.25, 0.3) is 0 Å². The Bertz CT molecular complexity index is 1500. The van der Waals surface area contributed by atoms with Crippen LogP contribution in [-0.2, 0) is 23.9 Å². The molecule has 3 atom stereocenters. The van der Waals surface area contributed by atoms with E-state index in [0.717, 1.165) is 5.56 Å². The zero-order chi connectivity index (χ0) is 27.8. The number of ether oxygens (including phenoxy) is 2. The molecule has 0 bridgehead atoms. The summed E-state index contributed by atoms with van der Waals surface area (Å²) in [6.07, 6.45) is 0.256. The van der Waals surface area contributed by atoms with Crippen molar-refractivity contribution in [2.24, 2.45) is 11.7 Å². The minimum atomic E-state index is -1.12. The largest absolute Gasteiger partial charge is 0.468 e. The molecular formula is C29H24Cl2N2O5S. The number of benzene rings is 2.